The molecule has 0 N–H and O–H groups in total. The summed E-state index contributed by atoms with van der Waals surface area (Å²) < 4.78 is 7.98. The molecule has 0 saturated heterocycles. The Morgan fingerprint density at radius 3 is 2.56 bits per heavy atom. The molecule has 4 aromatic rings. The Morgan fingerprint density at radius 1 is 1.00 bits per heavy atom. The van der Waals surface area contributed by atoms with Gasteiger partial charge in [-0.15, -0.1) is 10.2 Å². The first-order valence-electron chi connectivity index (χ1n) is 8.76. The van der Waals surface area contributed by atoms with E-state index in [9.17, 15) is 0 Å². The molecule has 0 aliphatic heterocycles. The van der Waals surface area contributed by atoms with Crippen molar-refractivity contribution in [2.45, 2.75) is 31.4 Å². The van der Waals surface area contributed by atoms with Crippen molar-refractivity contribution in [2.75, 3.05) is 0 Å². The summed E-state index contributed by atoms with van der Waals surface area (Å²) in [6.07, 6.45) is 3.82. The van der Waals surface area contributed by atoms with Crippen molar-refractivity contribution in [1.29, 1.82) is 0 Å². The Kier molecular flexibility index (Phi) is 5.07. The SMILES string of the molecule is Cc1cc(C)cc(-c2nnc(SCc3nccn3Cc3ccccc3)o2)c1. The number of imidazole rings is 1. The van der Waals surface area contributed by atoms with E-state index in [-0.39, 0.29) is 0 Å². The van der Waals surface area contributed by atoms with Crippen LogP contribution in [0.4, 0.5) is 0 Å². The van der Waals surface area contributed by atoms with Crippen LogP contribution in [-0.4, -0.2) is 19.7 Å². The first-order valence-corrected chi connectivity index (χ1v) is 9.75. The van der Waals surface area contributed by atoms with E-state index in [0.29, 0.717) is 16.9 Å². The van der Waals surface area contributed by atoms with Gasteiger partial charge >= 0.3 is 0 Å². The van der Waals surface area contributed by atoms with Gasteiger partial charge in [0.05, 0.1) is 5.75 Å². The number of benzene rings is 2. The molecule has 27 heavy (non-hydrogen) atoms. The molecule has 0 saturated carbocycles. The van der Waals surface area contributed by atoms with E-state index in [0.717, 1.165) is 17.9 Å². The van der Waals surface area contributed by atoms with E-state index in [4.69, 9.17) is 4.42 Å². The molecule has 0 aliphatic rings. The summed E-state index contributed by atoms with van der Waals surface area (Å²) in [6, 6.07) is 16.6. The Bertz CT molecular complexity index is 1020. The monoisotopic (exact) mass is 376 g/mol. The first-order chi connectivity index (χ1) is 13.2. The Labute approximate surface area is 162 Å². The molecule has 2 heterocycles. The van der Waals surface area contributed by atoms with E-state index in [1.165, 1.54) is 28.5 Å². The van der Waals surface area contributed by atoms with Gasteiger partial charge < -0.3 is 8.98 Å². The predicted molar refractivity (Wildman–Crippen MR) is 107 cm³/mol. The lowest BCUT2D eigenvalue weighted by molar-refractivity contribution is 0.465. The maximum atomic E-state index is 5.84. The summed E-state index contributed by atoms with van der Waals surface area (Å²) >= 11 is 1.50. The van der Waals surface area contributed by atoms with Crippen LogP contribution in [0.15, 0.2) is 70.6 Å². The van der Waals surface area contributed by atoms with Crippen molar-refractivity contribution in [2.24, 2.45) is 0 Å². The highest BCUT2D eigenvalue weighted by Crippen LogP contribution is 2.26. The average Bonchev–Trinajstić information content (AvgIpc) is 3.29. The Morgan fingerprint density at radius 2 is 1.78 bits per heavy atom. The molecule has 2 aromatic carbocycles. The fourth-order valence-corrected chi connectivity index (χ4v) is 3.74. The second kappa shape index (κ2) is 7.80. The van der Waals surface area contributed by atoms with Crippen molar-refractivity contribution in [3.63, 3.8) is 0 Å². The molecule has 0 bridgehead atoms. The molecule has 0 aliphatic carbocycles. The number of rotatable bonds is 6. The summed E-state index contributed by atoms with van der Waals surface area (Å²) in [7, 11) is 0. The number of hydrogen-bond donors (Lipinski definition) is 0. The summed E-state index contributed by atoms with van der Waals surface area (Å²) in [6.45, 7) is 4.93. The van der Waals surface area contributed by atoms with Gasteiger partial charge in [-0.1, -0.05) is 59.3 Å². The van der Waals surface area contributed by atoms with Crippen LogP contribution >= 0.6 is 11.8 Å². The van der Waals surface area contributed by atoms with Crippen molar-refractivity contribution in [1.82, 2.24) is 19.7 Å². The Balaban J connectivity index is 1.44. The van der Waals surface area contributed by atoms with Crippen LogP contribution in [0.5, 0.6) is 0 Å². The predicted octanol–water partition coefficient (Wildman–Crippen LogP) is 4.89. The topological polar surface area (TPSA) is 56.7 Å². The van der Waals surface area contributed by atoms with Gasteiger partial charge in [0.15, 0.2) is 0 Å². The number of thioether (sulfide) groups is 1. The molecule has 5 nitrogen and oxygen atoms in total. The van der Waals surface area contributed by atoms with Crippen LogP contribution in [-0.2, 0) is 12.3 Å². The minimum absolute atomic E-state index is 0.553. The van der Waals surface area contributed by atoms with E-state index >= 15 is 0 Å². The van der Waals surface area contributed by atoms with Crippen LogP contribution in [0.25, 0.3) is 11.5 Å². The number of nitrogens with zero attached hydrogens (tertiary/aromatic N) is 4. The normalized spacial score (nSPS) is 11.0. The molecule has 4 rings (SSSR count). The minimum atomic E-state index is 0.553. The molecule has 136 valence electrons. The lowest BCUT2D eigenvalue weighted by Gasteiger charge is -2.06. The third-order valence-corrected chi connectivity index (χ3v) is 5.01. The van der Waals surface area contributed by atoms with Crippen LogP contribution < -0.4 is 0 Å². The van der Waals surface area contributed by atoms with Gasteiger partial charge in [-0.25, -0.2) is 4.98 Å². The molecule has 0 amide bonds. The summed E-state index contributed by atoms with van der Waals surface area (Å²) in [5.74, 6) is 2.21. The van der Waals surface area contributed by atoms with Gasteiger partial charge in [-0.3, -0.25) is 0 Å². The number of aromatic nitrogens is 4. The van der Waals surface area contributed by atoms with Crippen LogP contribution in [0, 0.1) is 13.8 Å². The van der Waals surface area contributed by atoms with Gasteiger partial charge in [0.2, 0.25) is 5.89 Å². The van der Waals surface area contributed by atoms with Gasteiger partial charge in [-0.05, 0) is 31.5 Å². The molecule has 0 atom stereocenters. The highest BCUT2D eigenvalue weighted by molar-refractivity contribution is 7.98. The van der Waals surface area contributed by atoms with Crippen LogP contribution in [0.2, 0.25) is 0 Å². The van der Waals surface area contributed by atoms with Crippen molar-refractivity contribution in [3.8, 4) is 11.5 Å². The third-order valence-electron chi connectivity index (χ3n) is 4.20. The Hall–Kier alpha value is -2.86. The van der Waals surface area contributed by atoms with E-state index in [1.54, 1.807) is 0 Å². The zero-order valence-corrected chi connectivity index (χ0v) is 16.1. The van der Waals surface area contributed by atoms with Crippen molar-refractivity contribution >= 4 is 11.8 Å². The van der Waals surface area contributed by atoms with E-state index < -0.39 is 0 Å². The van der Waals surface area contributed by atoms with Gasteiger partial charge in [-0.2, -0.15) is 0 Å². The summed E-state index contributed by atoms with van der Waals surface area (Å²) in [4.78, 5) is 4.47. The highest BCUT2D eigenvalue weighted by atomic mass is 32.2. The zero-order valence-electron chi connectivity index (χ0n) is 15.3. The summed E-state index contributed by atoms with van der Waals surface area (Å²) in [5, 5.41) is 8.92. The van der Waals surface area contributed by atoms with Crippen LogP contribution in [0.1, 0.15) is 22.5 Å². The molecule has 0 spiro atoms. The molecular weight excluding hydrogens is 356 g/mol. The molecule has 6 heteroatoms. The molecule has 2 aromatic heterocycles. The largest absolute Gasteiger partial charge is 0.411 e. The zero-order chi connectivity index (χ0) is 18.6. The number of aryl methyl sites for hydroxylation is 2. The third kappa shape index (κ3) is 4.28. The lowest BCUT2D eigenvalue weighted by Crippen LogP contribution is -2.03. The van der Waals surface area contributed by atoms with Gasteiger partial charge in [0, 0.05) is 24.5 Å². The molecule has 0 radical (unpaired) electrons. The van der Waals surface area contributed by atoms with Crippen molar-refractivity contribution < 1.29 is 4.42 Å². The standard InChI is InChI=1S/C21H20N4OS/c1-15-10-16(2)12-18(11-15)20-23-24-21(26-20)27-14-19-22-8-9-25(19)13-17-6-4-3-5-7-17/h3-12H,13-14H2,1-2H3. The van der Waals surface area contributed by atoms with E-state index in [2.05, 4.69) is 63.9 Å². The smallest absolute Gasteiger partial charge is 0.277 e. The number of hydrogen-bond acceptors (Lipinski definition) is 5. The second-order valence-corrected chi connectivity index (χ2v) is 7.42. The van der Waals surface area contributed by atoms with Gasteiger partial charge in [0.1, 0.15) is 5.82 Å². The quantitative estimate of drug-likeness (QED) is 0.448. The van der Waals surface area contributed by atoms with Crippen LogP contribution in [0.3, 0.4) is 0 Å². The lowest BCUT2D eigenvalue weighted by atomic mass is 10.1. The maximum absolute atomic E-state index is 5.84. The highest BCUT2D eigenvalue weighted by Gasteiger charge is 2.12. The first kappa shape index (κ1) is 17.5. The summed E-state index contributed by atoms with van der Waals surface area (Å²) in [5.41, 5.74) is 4.56. The average molecular weight is 376 g/mol. The minimum Gasteiger partial charge on any atom is -0.411 e. The molecule has 0 fully saturated rings. The molecule has 0 unspecified atom stereocenters. The van der Waals surface area contributed by atoms with E-state index in [1.807, 2.05) is 30.6 Å². The maximum Gasteiger partial charge on any atom is 0.277 e. The van der Waals surface area contributed by atoms with Crippen molar-refractivity contribution in [3.05, 3.63) is 83.4 Å². The fraction of sp³-hybridized carbons (Fsp3) is 0.190. The molecular formula is C21H20N4OS. The van der Waals surface area contributed by atoms with Gasteiger partial charge in [0.25, 0.3) is 5.22 Å². The fourth-order valence-electron chi connectivity index (χ4n) is 3.01. The second-order valence-electron chi connectivity index (χ2n) is 6.50.